The summed E-state index contributed by atoms with van der Waals surface area (Å²) >= 11 is 5.06. The molecule has 0 aliphatic carbocycles. The van der Waals surface area contributed by atoms with E-state index in [9.17, 15) is 4.79 Å². The highest BCUT2D eigenvalue weighted by Crippen LogP contribution is 2.31. The summed E-state index contributed by atoms with van der Waals surface area (Å²) < 4.78 is 14.4. The van der Waals surface area contributed by atoms with E-state index in [4.69, 9.17) is 14.6 Å². The molecule has 8 nitrogen and oxygen atoms in total. The molecule has 4 heterocycles. The molecule has 2 fully saturated rings. The summed E-state index contributed by atoms with van der Waals surface area (Å²) in [5.74, 6) is -0.220. The Morgan fingerprint density at radius 3 is 2.85 bits per heavy atom. The lowest BCUT2D eigenvalue weighted by Gasteiger charge is -2.34. The van der Waals surface area contributed by atoms with Gasteiger partial charge in [0.15, 0.2) is 0 Å². The van der Waals surface area contributed by atoms with E-state index in [0.29, 0.717) is 11.4 Å². The molecule has 1 aromatic carbocycles. The van der Waals surface area contributed by atoms with Crippen molar-refractivity contribution >= 4 is 49.8 Å². The van der Waals surface area contributed by atoms with Gasteiger partial charge in [-0.2, -0.15) is 5.10 Å². The monoisotopic (exact) mass is 533 g/mol. The van der Waals surface area contributed by atoms with Crippen LogP contribution in [0.5, 0.6) is 0 Å². The normalized spacial score (nSPS) is 24.3. The molecule has 5 rings (SSSR count). The van der Waals surface area contributed by atoms with Crippen molar-refractivity contribution < 1.29 is 14.3 Å². The molecule has 0 spiro atoms. The Kier molecular flexibility index (Phi) is 6.80. The van der Waals surface area contributed by atoms with E-state index in [-0.39, 0.29) is 24.3 Å². The van der Waals surface area contributed by atoms with Crippen LogP contribution in [0.25, 0.3) is 10.9 Å². The number of hydrogen-bond acceptors (Lipinski definition) is 7. The van der Waals surface area contributed by atoms with Gasteiger partial charge in [-0.25, -0.2) is 9.67 Å². The van der Waals surface area contributed by atoms with Gasteiger partial charge in [0.1, 0.15) is 16.9 Å². The lowest BCUT2D eigenvalue weighted by molar-refractivity contribution is -0.0705. The van der Waals surface area contributed by atoms with Crippen molar-refractivity contribution in [2.45, 2.75) is 58.1 Å². The number of aromatic nitrogens is 3. The summed E-state index contributed by atoms with van der Waals surface area (Å²) in [5, 5.41) is 11.4. The number of benzene rings is 1. The van der Waals surface area contributed by atoms with Crippen molar-refractivity contribution in [3.8, 4) is 0 Å². The average molecular weight is 534 g/mol. The first-order valence-electron chi connectivity index (χ1n) is 11.4. The molecule has 3 atom stereocenters. The van der Waals surface area contributed by atoms with Crippen LogP contribution in [0.4, 0.5) is 5.69 Å². The molecule has 0 bridgehead atoms. The molecule has 33 heavy (non-hydrogen) atoms. The van der Waals surface area contributed by atoms with E-state index in [0.717, 1.165) is 65.9 Å². The van der Waals surface area contributed by atoms with Gasteiger partial charge < -0.3 is 14.8 Å². The van der Waals surface area contributed by atoms with Crippen LogP contribution in [-0.2, 0) is 16.0 Å². The average Bonchev–Trinajstić information content (AvgIpc) is 3.41. The van der Waals surface area contributed by atoms with Crippen molar-refractivity contribution in [2.24, 2.45) is 0 Å². The van der Waals surface area contributed by atoms with Gasteiger partial charge in [-0.3, -0.25) is 9.69 Å². The van der Waals surface area contributed by atoms with E-state index in [1.54, 1.807) is 0 Å². The predicted molar refractivity (Wildman–Crippen MR) is 132 cm³/mol. The Morgan fingerprint density at radius 2 is 2.09 bits per heavy atom. The zero-order chi connectivity index (χ0) is 22.9. The quantitative estimate of drug-likeness (QED) is 0.506. The van der Waals surface area contributed by atoms with Crippen LogP contribution in [0.2, 0.25) is 0 Å². The van der Waals surface area contributed by atoms with Crippen LogP contribution in [-0.4, -0.2) is 57.5 Å². The minimum Gasteiger partial charge on any atom is -0.373 e. The largest absolute Gasteiger partial charge is 0.373 e. The van der Waals surface area contributed by atoms with Gasteiger partial charge in [0, 0.05) is 41.1 Å². The Labute approximate surface area is 205 Å². The zero-order valence-electron chi connectivity index (χ0n) is 18.8. The highest BCUT2D eigenvalue weighted by molar-refractivity contribution is 9.10. The van der Waals surface area contributed by atoms with Crippen molar-refractivity contribution in [3.63, 3.8) is 0 Å². The minimum atomic E-state index is -0.220. The summed E-state index contributed by atoms with van der Waals surface area (Å²) in [7, 11) is 0. The van der Waals surface area contributed by atoms with Crippen molar-refractivity contribution in [1.82, 2.24) is 19.7 Å². The number of carbonyl (C=O) groups excluding carboxylic acids is 1. The van der Waals surface area contributed by atoms with Crippen molar-refractivity contribution in [1.29, 1.82) is 0 Å². The Bertz CT molecular complexity index is 1130. The fourth-order valence-corrected chi connectivity index (χ4v) is 5.83. The standard InChI is InChI=1S/C23H28BrN5O3S/c1-14-9-28(10-15(2)32-14)12-21-25-20(13-33-21)23(30)26-18-7-16(24)8-19-17(18)11-29(27-19)22-5-3-4-6-31-22/h7-8,11,13-15,22H,3-6,9-10,12H2,1-2H3,(H,26,30)/t14-,15+,22?. The number of rotatable bonds is 5. The summed E-state index contributed by atoms with van der Waals surface area (Å²) in [4.78, 5) is 20.0. The van der Waals surface area contributed by atoms with Gasteiger partial charge in [0.2, 0.25) is 0 Å². The molecule has 2 aliphatic rings. The highest BCUT2D eigenvalue weighted by Gasteiger charge is 2.24. The summed E-state index contributed by atoms with van der Waals surface area (Å²) in [6.45, 7) is 7.40. The van der Waals surface area contributed by atoms with E-state index >= 15 is 0 Å². The lowest BCUT2D eigenvalue weighted by Crippen LogP contribution is -2.44. The summed E-state index contributed by atoms with van der Waals surface area (Å²) in [5.41, 5.74) is 1.95. The van der Waals surface area contributed by atoms with Gasteiger partial charge in [0.05, 0.1) is 30.0 Å². The molecule has 2 aliphatic heterocycles. The first-order valence-corrected chi connectivity index (χ1v) is 13.1. The number of anilines is 1. The highest BCUT2D eigenvalue weighted by atomic mass is 79.9. The molecular weight excluding hydrogens is 506 g/mol. The van der Waals surface area contributed by atoms with Crippen molar-refractivity contribution in [2.75, 3.05) is 25.0 Å². The van der Waals surface area contributed by atoms with Crippen LogP contribution in [0.1, 0.15) is 54.8 Å². The molecule has 0 radical (unpaired) electrons. The summed E-state index contributed by atoms with van der Waals surface area (Å²) in [6, 6.07) is 3.85. The molecule has 1 N–H and O–H groups in total. The molecule has 10 heteroatoms. The number of ether oxygens (including phenoxy) is 2. The van der Waals surface area contributed by atoms with Crippen molar-refractivity contribution in [3.05, 3.63) is 38.9 Å². The third-order valence-corrected chi connectivity index (χ3v) is 7.24. The van der Waals surface area contributed by atoms with Gasteiger partial charge in [0.25, 0.3) is 5.91 Å². The Morgan fingerprint density at radius 1 is 1.27 bits per heavy atom. The molecule has 1 amide bonds. The number of morpholine rings is 1. The van der Waals surface area contributed by atoms with Crippen LogP contribution < -0.4 is 5.32 Å². The van der Waals surface area contributed by atoms with Gasteiger partial charge in [-0.1, -0.05) is 15.9 Å². The third-order valence-electron chi connectivity index (χ3n) is 5.94. The number of thiazole rings is 1. The molecule has 176 valence electrons. The topological polar surface area (TPSA) is 81.5 Å². The number of fused-ring (bicyclic) bond motifs is 1. The van der Waals surface area contributed by atoms with Crippen LogP contribution in [0.15, 0.2) is 28.2 Å². The second-order valence-corrected chi connectivity index (χ2v) is 10.7. The van der Waals surface area contributed by atoms with E-state index < -0.39 is 0 Å². The molecule has 1 unspecified atom stereocenters. The SMILES string of the molecule is C[C@@H]1CN(Cc2nc(C(=O)Nc3cc(Br)cc4nn(C5CCCCO5)cc34)cs2)C[C@H](C)O1. The van der Waals surface area contributed by atoms with E-state index in [1.165, 1.54) is 11.3 Å². The number of halogens is 1. The van der Waals surface area contributed by atoms with Crippen LogP contribution >= 0.6 is 27.3 Å². The molecule has 0 saturated carbocycles. The zero-order valence-corrected chi connectivity index (χ0v) is 21.2. The number of nitrogens with zero attached hydrogens (tertiary/aromatic N) is 4. The predicted octanol–water partition coefficient (Wildman–Crippen LogP) is 4.82. The number of hydrogen-bond donors (Lipinski definition) is 1. The molecule has 2 aromatic heterocycles. The first kappa shape index (κ1) is 22.9. The first-order chi connectivity index (χ1) is 15.9. The Balaban J connectivity index is 1.31. The second kappa shape index (κ2) is 9.79. The maximum Gasteiger partial charge on any atom is 0.275 e. The number of carbonyl (C=O) groups is 1. The molecule has 3 aromatic rings. The molecular formula is C23H28BrN5O3S. The van der Waals surface area contributed by atoms with E-state index in [1.807, 2.05) is 28.4 Å². The molecule has 2 saturated heterocycles. The third kappa shape index (κ3) is 5.30. The van der Waals surface area contributed by atoms with Gasteiger partial charge >= 0.3 is 0 Å². The minimum absolute atomic E-state index is 0.0554. The van der Waals surface area contributed by atoms with Gasteiger partial charge in [-0.15, -0.1) is 11.3 Å². The maximum absolute atomic E-state index is 13.0. The smallest absolute Gasteiger partial charge is 0.275 e. The van der Waals surface area contributed by atoms with Crippen LogP contribution in [0.3, 0.4) is 0 Å². The fraction of sp³-hybridized carbons (Fsp3) is 0.522. The Hall–Kier alpha value is -1.85. The number of amides is 1. The second-order valence-electron chi connectivity index (χ2n) is 8.85. The fourth-order valence-electron chi connectivity index (χ4n) is 4.57. The summed E-state index contributed by atoms with van der Waals surface area (Å²) in [6.07, 6.45) is 5.47. The lowest BCUT2D eigenvalue weighted by atomic mass is 10.2. The van der Waals surface area contributed by atoms with E-state index in [2.05, 4.69) is 45.0 Å². The van der Waals surface area contributed by atoms with Crippen LogP contribution in [0, 0.1) is 0 Å². The maximum atomic E-state index is 13.0. The number of nitrogens with one attached hydrogen (secondary N) is 1. The van der Waals surface area contributed by atoms with Gasteiger partial charge in [-0.05, 0) is 45.2 Å².